The minimum absolute atomic E-state index is 0.0153. The third kappa shape index (κ3) is 6.77. The van der Waals surface area contributed by atoms with Gasteiger partial charge in [-0.15, -0.1) is 0 Å². The van der Waals surface area contributed by atoms with Crippen LogP contribution in [0.2, 0.25) is 0 Å². The van der Waals surface area contributed by atoms with E-state index in [1.54, 1.807) is 26.0 Å². The lowest BCUT2D eigenvalue weighted by Gasteiger charge is -2.13. The lowest BCUT2D eigenvalue weighted by Crippen LogP contribution is -2.21. The highest BCUT2D eigenvalue weighted by Gasteiger charge is 2.31. The van der Waals surface area contributed by atoms with Crippen molar-refractivity contribution in [3.63, 3.8) is 0 Å². The molecule has 1 aromatic heterocycles. The number of hydrogen-bond acceptors (Lipinski definition) is 8. The predicted octanol–water partition coefficient (Wildman–Crippen LogP) is 5.97. The number of hydrogen-bond donors (Lipinski definition) is 0. The van der Waals surface area contributed by atoms with Gasteiger partial charge in [-0.05, 0) is 44.2 Å². The third-order valence-corrected chi connectivity index (χ3v) is 5.93. The van der Waals surface area contributed by atoms with Crippen LogP contribution >= 0.6 is 15.9 Å². The molecule has 41 heavy (non-hydrogen) atoms. The number of nitro benzene ring substituents is 1. The van der Waals surface area contributed by atoms with Crippen LogP contribution in [0, 0.1) is 10.1 Å². The molecule has 14 heteroatoms. The van der Waals surface area contributed by atoms with E-state index >= 15 is 0 Å². The van der Waals surface area contributed by atoms with Crippen molar-refractivity contribution in [2.75, 3.05) is 6.61 Å². The summed E-state index contributed by atoms with van der Waals surface area (Å²) >= 11 is 3.18. The molecule has 10 nitrogen and oxygen atoms in total. The average molecular weight is 633 g/mol. The lowest BCUT2D eigenvalue weighted by molar-refractivity contribution is -0.385. The first kappa shape index (κ1) is 29.4. The molecule has 3 aromatic carbocycles. The largest absolute Gasteiger partial charge is 0.474 e. The number of esters is 1. The fourth-order valence-electron chi connectivity index (χ4n) is 3.79. The number of ether oxygens (including phenoxy) is 2. The number of carbonyl (C=O) groups is 1. The number of halogens is 4. The monoisotopic (exact) mass is 632 g/mol. The highest BCUT2D eigenvalue weighted by molar-refractivity contribution is 9.10. The number of nitro groups is 1. The first-order chi connectivity index (χ1) is 19.3. The van der Waals surface area contributed by atoms with Crippen molar-refractivity contribution in [1.29, 1.82) is 0 Å². The molecule has 0 saturated carbocycles. The van der Waals surface area contributed by atoms with Crippen molar-refractivity contribution < 1.29 is 32.4 Å². The zero-order valence-electron chi connectivity index (χ0n) is 21.4. The van der Waals surface area contributed by atoms with Crippen LogP contribution in [0.25, 0.3) is 22.3 Å². The van der Waals surface area contributed by atoms with Gasteiger partial charge in [-0.1, -0.05) is 40.2 Å². The SMILES string of the molecule is CC(C)OC(=O)COc1c(C=Nn2c(-c3cccc(C(F)(F)F)c3)nc3ccccc3c2=O)cc(Br)cc1[N+](=O)[O-]. The Hall–Kier alpha value is -4.59. The molecule has 1 heterocycles. The molecule has 0 spiro atoms. The van der Waals surface area contributed by atoms with E-state index in [1.165, 1.54) is 30.3 Å². The predicted molar refractivity (Wildman–Crippen MR) is 147 cm³/mol. The summed E-state index contributed by atoms with van der Waals surface area (Å²) in [6, 6.07) is 13.0. The molecular weight excluding hydrogens is 613 g/mol. The van der Waals surface area contributed by atoms with Crippen molar-refractivity contribution in [1.82, 2.24) is 9.66 Å². The van der Waals surface area contributed by atoms with Crippen LogP contribution < -0.4 is 10.3 Å². The molecule has 0 unspecified atom stereocenters. The maximum atomic E-state index is 13.4. The van der Waals surface area contributed by atoms with Crippen LogP contribution in [0.3, 0.4) is 0 Å². The number of para-hydroxylation sites is 1. The van der Waals surface area contributed by atoms with Gasteiger partial charge in [-0.25, -0.2) is 9.78 Å². The molecule has 0 N–H and O–H groups in total. The van der Waals surface area contributed by atoms with Gasteiger partial charge in [0.25, 0.3) is 5.56 Å². The second-order valence-electron chi connectivity index (χ2n) is 8.82. The van der Waals surface area contributed by atoms with E-state index in [1.807, 2.05) is 0 Å². The second-order valence-corrected chi connectivity index (χ2v) is 9.74. The maximum Gasteiger partial charge on any atom is 0.416 e. The maximum absolute atomic E-state index is 13.4. The van der Waals surface area contributed by atoms with E-state index in [4.69, 9.17) is 9.47 Å². The van der Waals surface area contributed by atoms with Gasteiger partial charge in [0.2, 0.25) is 5.75 Å². The van der Waals surface area contributed by atoms with Crippen molar-refractivity contribution in [2.45, 2.75) is 26.1 Å². The van der Waals surface area contributed by atoms with Gasteiger partial charge in [-0.3, -0.25) is 14.9 Å². The molecule has 4 aromatic rings. The topological polar surface area (TPSA) is 126 Å². The molecule has 0 saturated heterocycles. The standard InChI is InChI=1S/C27H20BrF3N4O6/c1-15(2)41-23(36)14-40-24-17(11-19(28)12-22(24)35(38)39)13-32-34-25(16-6-5-7-18(10-16)27(29,30)31)33-21-9-4-3-8-20(21)26(34)37/h3-13,15H,14H2,1-2H3. The number of benzene rings is 3. The number of rotatable bonds is 8. The van der Waals surface area contributed by atoms with Crippen LogP contribution in [0.4, 0.5) is 18.9 Å². The Morgan fingerprint density at radius 3 is 2.59 bits per heavy atom. The Bertz CT molecular complexity index is 1740. The van der Waals surface area contributed by atoms with E-state index < -0.39 is 46.6 Å². The highest BCUT2D eigenvalue weighted by atomic mass is 79.9. The molecule has 0 atom stereocenters. The Morgan fingerprint density at radius 1 is 1.17 bits per heavy atom. The van der Waals surface area contributed by atoms with Crippen molar-refractivity contribution in [3.05, 3.63) is 96.7 Å². The molecule has 0 aliphatic rings. The van der Waals surface area contributed by atoms with Crippen LogP contribution in [0.5, 0.6) is 5.75 Å². The number of nitrogens with zero attached hydrogens (tertiary/aromatic N) is 4. The van der Waals surface area contributed by atoms with E-state index in [-0.39, 0.29) is 38.1 Å². The van der Waals surface area contributed by atoms with Crippen LogP contribution in [-0.4, -0.2) is 39.5 Å². The van der Waals surface area contributed by atoms with Crippen LogP contribution in [-0.2, 0) is 15.7 Å². The molecule has 212 valence electrons. The fourth-order valence-corrected chi connectivity index (χ4v) is 4.25. The Morgan fingerprint density at radius 2 is 1.90 bits per heavy atom. The first-order valence-electron chi connectivity index (χ1n) is 11.9. The summed E-state index contributed by atoms with van der Waals surface area (Å²) < 4.78 is 51.8. The minimum atomic E-state index is -4.65. The van der Waals surface area contributed by atoms with Crippen molar-refractivity contribution in [2.24, 2.45) is 5.10 Å². The third-order valence-electron chi connectivity index (χ3n) is 5.48. The Labute approximate surface area is 238 Å². The van der Waals surface area contributed by atoms with E-state index in [9.17, 15) is 32.9 Å². The summed E-state index contributed by atoms with van der Waals surface area (Å²) in [5.41, 5.74) is -2.01. The number of alkyl halides is 3. The van der Waals surface area contributed by atoms with Gasteiger partial charge in [0.05, 0.1) is 33.7 Å². The zero-order valence-corrected chi connectivity index (χ0v) is 23.0. The quantitative estimate of drug-likeness (QED) is 0.101. The molecule has 0 fully saturated rings. The van der Waals surface area contributed by atoms with Gasteiger partial charge >= 0.3 is 17.8 Å². The van der Waals surface area contributed by atoms with Gasteiger partial charge < -0.3 is 9.47 Å². The molecule has 0 bridgehead atoms. The highest BCUT2D eigenvalue weighted by Crippen LogP contribution is 2.35. The second kappa shape index (κ2) is 11.9. The van der Waals surface area contributed by atoms with Crippen LogP contribution in [0.15, 0.2) is 75.0 Å². The van der Waals surface area contributed by atoms with Gasteiger partial charge in [0.1, 0.15) is 0 Å². The van der Waals surface area contributed by atoms with Gasteiger partial charge in [0, 0.05) is 21.7 Å². The number of fused-ring (bicyclic) bond motifs is 1. The summed E-state index contributed by atoms with van der Waals surface area (Å²) in [5.74, 6) is -1.32. The fraction of sp³-hybridized carbons (Fsp3) is 0.185. The van der Waals surface area contributed by atoms with Crippen molar-refractivity contribution >= 4 is 44.7 Å². The van der Waals surface area contributed by atoms with E-state index in [0.717, 1.165) is 29.1 Å². The molecule has 0 aliphatic heterocycles. The van der Waals surface area contributed by atoms with E-state index in [0.29, 0.717) is 0 Å². The van der Waals surface area contributed by atoms with Crippen molar-refractivity contribution in [3.8, 4) is 17.1 Å². The van der Waals surface area contributed by atoms with E-state index in [2.05, 4.69) is 26.0 Å². The summed E-state index contributed by atoms with van der Waals surface area (Å²) in [5, 5.41) is 16.1. The molecular formula is C27H20BrF3N4O6. The van der Waals surface area contributed by atoms with Gasteiger partial charge in [-0.2, -0.15) is 22.9 Å². The summed E-state index contributed by atoms with van der Waals surface area (Å²) in [6.07, 6.45) is -4.05. The van der Waals surface area contributed by atoms with Crippen LogP contribution in [0.1, 0.15) is 25.0 Å². The summed E-state index contributed by atoms with van der Waals surface area (Å²) in [6.45, 7) is 2.58. The van der Waals surface area contributed by atoms with Gasteiger partial charge in [0.15, 0.2) is 12.4 Å². The zero-order chi connectivity index (χ0) is 29.9. The lowest BCUT2D eigenvalue weighted by atomic mass is 10.1. The number of aromatic nitrogens is 2. The first-order valence-corrected chi connectivity index (χ1v) is 12.7. The molecule has 4 rings (SSSR count). The smallest absolute Gasteiger partial charge is 0.416 e. The molecule has 0 amide bonds. The summed E-state index contributed by atoms with van der Waals surface area (Å²) in [7, 11) is 0. The molecule has 0 radical (unpaired) electrons. The molecule has 0 aliphatic carbocycles. The minimum Gasteiger partial charge on any atom is -0.474 e. The Kier molecular flexibility index (Phi) is 8.52. The Balaban J connectivity index is 1.89. The normalized spacial score (nSPS) is 11.8. The summed E-state index contributed by atoms with van der Waals surface area (Å²) in [4.78, 5) is 40.9. The number of carbonyl (C=O) groups excluding carboxylic acids is 1. The average Bonchev–Trinajstić information content (AvgIpc) is 2.90.